The van der Waals surface area contributed by atoms with Gasteiger partial charge in [-0.1, -0.05) is 0 Å². The van der Waals surface area contributed by atoms with Crippen LogP contribution in [0.15, 0.2) is 18.2 Å². The van der Waals surface area contributed by atoms with Gasteiger partial charge < -0.3 is 10.5 Å². The minimum atomic E-state index is -4.53. The molecule has 2 nitrogen and oxygen atoms in total. The van der Waals surface area contributed by atoms with Crippen LogP contribution in [0.2, 0.25) is 0 Å². The summed E-state index contributed by atoms with van der Waals surface area (Å²) in [6.07, 6.45) is -4.47. The van der Waals surface area contributed by atoms with Crippen LogP contribution in [-0.2, 0) is 6.18 Å². The molecular formula is C10H11F4NO. The molecule has 0 aliphatic heterocycles. The van der Waals surface area contributed by atoms with Crippen LogP contribution in [0.5, 0.6) is 5.75 Å². The molecule has 0 aliphatic carbocycles. The average Bonchev–Trinajstić information content (AvgIpc) is 2.19. The quantitative estimate of drug-likeness (QED) is 0.496. The van der Waals surface area contributed by atoms with Crippen LogP contribution in [0.4, 0.5) is 23.2 Å². The summed E-state index contributed by atoms with van der Waals surface area (Å²) >= 11 is 0. The zero-order valence-electron chi connectivity index (χ0n) is 8.35. The van der Waals surface area contributed by atoms with Crippen molar-refractivity contribution in [3.63, 3.8) is 0 Å². The number of halogens is 4. The number of rotatable bonds is 4. The van der Waals surface area contributed by atoms with E-state index in [1.807, 2.05) is 0 Å². The number of hydrogen-bond donors (Lipinski definition) is 1. The summed E-state index contributed by atoms with van der Waals surface area (Å²) in [4.78, 5) is 0. The van der Waals surface area contributed by atoms with Crippen molar-refractivity contribution < 1.29 is 22.3 Å². The topological polar surface area (TPSA) is 35.2 Å². The zero-order valence-corrected chi connectivity index (χ0v) is 8.35. The van der Waals surface area contributed by atoms with Crippen molar-refractivity contribution in [1.82, 2.24) is 0 Å². The van der Waals surface area contributed by atoms with Crippen LogP contribution >= 0.6 is 0 Å². The molecule has 90 valence electrons. The molecule has 0 heterocycles. The van der Waals surface area contributed by atoms with E-state index in [9.17, 15) is 17.6 Å². The maximum absolute atomic E-state index is 12.5. The fourth-order valence-electron chi connectivity index (χ4n) is 1.13. The lowest BCUT2D eigenvalue weighted by Crippen LogP contribution is -2.10. The zero-order chi connectivity index (χ0) is 12.2. The molecule has 0 aliphatic rings. The molecule has 6 heteroatoms. The van der Waals surface area contributed by atoms with Gasteiger partial charge in [-0.15, -0.1) is 0 Å². The summed E-state index contributed by atoms with van der Waals surface area (Å²) < 4.78 is 54.2. The molecule has 0 amide bonds. The molecule has 16 heavy (non-hydrogen) atoms. The van der Waals surface area contributed by atoms with E-state index in [0.717, 1.165) is 12.1 Å². The first-order valence-electron chi connectivity index (χ1n) is 4.60. The summed E-state index contributed by atoms with van der Waals surface area (Å²) in [6, 6.07) is 3.24. The Balaban J connectivity index is 2.90. The van der Waals surface area contributed by atoms with E-state index in [4.69, 9.17) is 10.5 Å². The number of nitrogen functional groups attached to an aromatic ring is 1. The minimum absolute atomic E-state index is 0.00478. The first-order valence-corrected chi connectivity index (χ1v) is 4.60. The smallest absolute Gasteiger partial charge is 0.420 e. The fourth-order valence-corrected chi connectivity index (χ4v) is 1.13. The summed E-state index contributed by atoms with van der Waals surface area (Å²) in [5.74, 6) is -0.324. The van der Waals surface area contributed by atoms with Crippen molar-refractivity contribution in [1.29, 1.82) is 0 Å². The number of alkyl halides is 4. The summed E-state index contributed by atoms with van der Waals surface area (Å²) in [5, 5.41) is 0. The second-order valence-corrected chi connectivity index (χ2v) is 3.14. The van der Waals surface area contributed by atoms with Gasteiger partial charge in [-0.3, -0.25) is 4.39 Å². The van der Waals surface area contributed by atoms with Gasteiger partial charge in [0.1, 0.15) is 5.75 Å². The molecule has 0 saturated carbocycles. The third kappa shape index (κ3) is 3.29. The number of ether oxygens (including phenoxy) is 1. The Hall–Kier alpha value is -1.46. The first-order chi connectivity index (χ1) is 7.45. The van der Waals surface area contributed by atoms with Crippen LogP contribution in [0, 0.1) is 0 Å². The lowest BCUT2D eigenvalue weighted by Gasteiger charge is -2.14. The van der Waals surface area contributed by atoms with E-state index in [1.54, 1.807) is 0 Å². The molecule has 0 saturated heterocycles. The highest BCUT2D eigenvalue weighted by atomic mass is 19.4. The number of benzene rings is 1. The Morgan fingerprint density at radius 3 is 2.50 bits per heavy atom. The normalized spacial score (nSPS) is 11.5. The van der Waals surface area contributed by atoms with E-state index in [0.29, 0.717) is 0 Å². The predicted octanol–water partition coefficient (Wildman–Crippen LogP) is 3.03. The van der Waals surface area contributed by atoms with Gasteiger partial charge in [0, 0.05) is 12.1 Å². The van der Waals surface area contributed by atoms with Crippen LogP contribution in [0.25, 0.3) is 0 Å². The molecule has 1 aromatic carbocycles. The van der Waals surface area contributed by atoms with Crippen LogP contribution in [-0.4, -0.2) is 13.3 Å². The van der Waals surface area contributed by atoms with Crippen LogP contribution < -0.4 is 10.5 Å². The van der Waals surface area contributed by atoms with E-state index in [2.05, 4.69) is 0 Å². The molecule has 1 aromatic rings. The molecule has 0 spiro atoms. The van der Waals surface area contributed by atoms with E-state index < -0.39 is 18.4 Å². The van der Waals surface area contributed by atoms with Gasteiger partial charge in [-0.05, 0) is 18.2 Å². The second-order valence-electron chi connectivity index (χ2n) is 3.14. The molecule has 0 bridgehead atoms. The van der Waals surface area contributed by atoms with Crippen molar-refractivity contribution in [3.05, 3.63) is 23.8 Å². The van der Waals surface area contributed by atoms with Gasteiger partial charge in [-0.2, -0.15) is 13.2 Å². The third-order valence-corrected chi connectivity index (χ3v) is 1.84. The lowest BCUT2D eigenvalue weighted by atomic mass is 10.1. The van der Waals surface area contributed by atoms with E-state index >= 15 is 0 Å². The summed E-state index contributed by atoms with van der Waals surface area (Å²) in [6.45, 7) is -0.722. The van der Waals surface area contributed by atoms with Gasteiger partial charge >= 0.3 is 6.18 Å². The number of nitrogens with two attached hydrogens (primary N) is 1. The Morgan fingerprint density at radius 2 is 1.94 bits per heavy atom. The molecule has 1 rings (SSSR count). The Morgan fingerprint density at radius 1 is 1.25 bits per heavy atom. The monoisotopic (exact) mass is 237 g/mol. The van der Waals surface area contributed by atoms with Crippen molar-refractivity contribution in [2.24, 2.45) is 0 Å². The Labute approximate surface area is 90.0 Å². The Bertz CT molecular complexity index is 351. The second kappa shape index (κ2) is 5.05. The molecule has 0 unspecified atom stereocenters. The van der Waals surface area contributed by atoms with Crippen molar-refractivity contribution in [2.45, 2.75) is 12.6 Å². The molecule has 0 aromatic heterocycles. The predicted molar refractivity (Wildman–Crippen MR) is 51.9 cm³/mol. The maximum Gasteiger partial charge on any atom is 0.420 e. The Kier molecular flexibility index (Phi) is 3.98. The first kappa shape index (κ1) is 12.6. The van der Waals surface area contributed by atoms with Crippen LogP contribution in [0.3, 0.4) is 0 Å². The summed E-state index contributed by atoms with van der Waals surface area (Å²) in [7, 11) is 0. The van der Waals surface area contributed by atoms with Crippen molar-refractivity contribution in [2.75, 3.05) is 19.0 Å². The largest absolute Gasteiger partial charge is 0.493 e. The van der Waals surface area contributed by atoms with Gasteiger partial charge in [-0.25, -0.2) is 0 Å². The lowest BCUT2D eigenvalue weighted by molar-refractivity contribution is -0.138. The highest BCUT2D eigenvalue weighted by molar-refractivity contribution is 5.49. The molecule has 2 N–H and O–H groups in total. The molecule has 0 fully saturated rings. The van der Waals surface area contributed by atoms with E-state index in [1.165, 1.54) is 6.07 Å². The third-order valence-electron chi connectivity index (χ3n) is 1.84. The minimum Gasteiger partial charge on any atom is -0.493 e. The molecule has 0 radical (unpaired) electrons. The van der Waals surface area contributed by atoms with Gasteiger partial charge in [0.25, 0.3) is 0 Å². The number of hydrogen-bond acceptors (Lipinski definition) is 2. The van der Waals surface area contributed by atoms with Crippen molar-refractivity contribution in [3.8, 4) is 5.75 Å². The molecule has 0 atom stereocenters. The fraction of sp³-hybridized carbons (Fsp3) is 0.400. The standard InChI is InChI=1S/C10H11F4NO/c11-4-1-5-16-9-3-2-7(15)6-8(9)10(12,13)14/h2-3,6H,1,4-5,15H2. The maximum atomic E-state index is 12.5. The number of anilines is 1. The highest BCUT2D eigenvalue weighted by Gasteiger charge is 2.34. The van der Waals surface area contributed by atoms with Crippen molar-refractivity contribution >= 4 is 5.69 Å². The van der Waals surface area contributed by atoms with E-state index in [-0.39, 0.29) is 24.5 Å². The van der Waals surface area contributed by atoms with Gasteiger partial charge in [0.05, 0.1) is 18.8 Å². The van der Waals surface area contributed by atoms with Gasteiger partial charge in [0.2, 0.25) is 0 Å². The highest BCUT2D eigenvalue weighted by Crippen LogP contribution is 2.37. The van der Waals surface area contributed by atoms with Gasteiger partial charge in [0.15, 0.2) is 0 Å². The molecular weight excluding hydrogens is 226 g/mol. The summed E-state index contributed by atoms with van der Waals surface area (Å²) in [5.41, 5.74) is 4.33. The van der Waals surface area contributed by atoms with Crippen LogP contribution in [0.1, 0.15) is 12.0 Å². The average molecular weight is 237 g/mol. The SMILES string of the molecule is Nc1ccc(OCCCF)c(C(F)(F)F)c1.